The van der Waals surface area contributed by atoms with Gasteiger partial charge in [-0.05, 0) is 64.5 Å². The van der Waals surface area contributed by atoms with Gasteiger partial charge in [-0.2, -0.15) is 0 Å². The van der Waals surface area contributed by atoms with Crippen molar-refractivity contribution >= 4 is 70.7 Å². The van der Waals surface area contributed by atoms with Crippen molar-refractivity contribution in [2.75, 3.05) is 0 Å². The Morgan fingerprint density at radius 1 is 0.579 bits per heavy atom. The third kappa shape index (κ3) is 4.61. The zero-order chi connectivity index (χ0) is 26.6. The number of aliphatic hydroxyl groups is 2. The summed E-state index contributed by atoms with van der Waals surface area (Å²) in [6.45, 7) is 0. The maximum absolute atomic E-state index is 11.9. The predicted molar refractivity (Wildman–Crippen MR) is 159 cm³/mol. The molecule has 0 amide bonds. The Balaban J connectivity index is 1.57. The standard InChI is InChI=1S/C28H18Br3ClN4O2/c29-17-5-1-15(2-6-17)23-25(35-13-19(31)9-11-21(35)33-23)27(37)28(38)26-24(16-3-7-18(30)8-4-16)34-22-12-10-20(32)14-36(22)26/h1-14,27-28,37-38H. The Bertz CT molecular complexity index is 1670. The smallest absolute Gasteiger partial charge is 0.137 e. The van der Waals surface area contributed by atoms with Crippen LogP contribution in [0.1, 0.15) is 23.6 Å². The molecule has 6 nitrogen and oxygen atoms in total. The highest BCUT2D eigenvalue weighted by Crippen LogP contribution is 2.40. The van der Waals surface area contributed by atoms with Gasteiger partial charge in [0.15, 0.2) is 0 Å². The Kier molecular flexibility index (Phi) is 6.92. The molecule has 10 heteroatoms. The number of benzene rings is 2. The summed E-state index contributed by atoms with van der Waals surface area (Å²) in [7, 11) is 0. The van der Waals surface area contributed by atoms with Gasteiger partial charge in [0.25, 0.3) is 0 Å². The molecule has 2 atom stereocenters. The summed E-state index contributed by atoms with van der Waals surface area (Å²) >= 11 is 16.8. The molecule has 0 aliphatic rings. The number of aromatic nitrogens is 4. The largest absolute Gasteiger partial charge is 0.384 e. The lowest BCUT2D eigenvalue weighted by molar-refractivity contribution is 0.0118. The van der Waals surface area contributed by atoms with Crippen LogP contribution in [0.4, 0.5) is 0 Å². The minimum absolute atomic E-state index is 0.420. The zero-order valence-corrected chi connectivity index (χ0v) is 24.9. The van der Waals surface area contributed by atoms with Crippen molar-refractivity contribution in [3.05, 3.63) is 115 Å². The van der Waals surface area contributed by atoms with Crippen LogP contribution in [0.15, 0.2) is 98.6 Å². The molecule has 0 radical (unpaired) electrons. The monoisotopic (exact) mass is 714 g/mol. The van der Waals surface area contributed by atoms with E-state index in [9.17, 15) is 10.2 Å². The van der Waals surface area contributed by atoms with E-state index >= 15 is 0 Å². The number of rotatable bonds is 5. The summed E-state index contributed by atoms with van der Waals surface area (Å²) in [5.41, 5.74) is 4.83. The first-order valence-corrected chi connectivity index (χ1v) is 14.3. The molecule has 0 saturated heterocycles. The van der Waals surface area contributed by atoms with Gasteiger partial charge in [0, 0.05) is 36.9 Å². The van der Waals surface area contributed by atoms with Crippen LogP contribution in [0.2, 0.25) is 5.02 Å². The quantitative estimate of drug-likeness (QED) is 0.190. The van der Waals surface area contributed by atoms with Crippen LogP contribution in [0.3, 0.4) is 0 Å². The molecule has 38 heavy (non-hydrogen) atoms. The fraction of sp³-hybridized carbons (Fsp3) is 0.0714. The minimum Gasteiger partial charge on any atom is -0.384 e. The van der Waals surface area contributed by atoms with Crippen molar-refractivity contribution in [2.45, 2.75) is 12.2 Å². The van der Waals surface area contributed by atoms with Gasteiger partial charge in [-0.15, -0.1) is 0 Å². The Labute approximate surface area is 248 Å². The molecule has 0 fully saturated rings. The molecule has 0 aliphatic heterocycles. The van der Waals surface area contributed by atoms with E-state index in [1.165, 1.54) is 0 Å². The molecule has 190 valence electrons. The normalized spacial score (nSPS) is 13.3. The fourth-order valence-corrected chi connectivity index (χ4v) is 5.60. The highest BCUT2D eigenvalue weighted by Gasteiger charge is 2.32. The van der Waals surface area contributed by atoms with Crippen LogP contribution >= 0.6 is 59.4 Å². The number of fused-ring (bicyclic) bond motifs is 2. The Morgan fingerprint density at radius 2 is 1.00 bits per heavy atom. The third-order valence-electron chi connectivity index (χ3n) is 6.33. The highest BCUT2D eigenvalue weighted by molar-refractivity contribution is 9.11. The molecule has 4 heterocycles. The van der Waals surface area contributed by atoms with E-state index in [0.29, 0.717) is 39.1 Å². The van der Waals surface area contributed by atoms with Crippen molar-refractivity contribution in [1.82, 2.24) is 18.8 Å². The summed E-state index contributed by atoms with van der Waals surface area (Å²) in [5.74, 6) is 0. The van der Waals surface area contributed by atoms with Crippen molar-refractivity contribution < 1.29 is 10.2 Å². The first kappa shape index (κ1) is 25.7. The van der Waals surface area contributed by atoms with Crippen molar-refractivity contribution in [3.63, 3.8) is 0 Å². The predicted octanol–water partition coefficient (Wildman–Crippen LogP) is 8.02. The van der Waals surface area contributed by atoms with Gasteiger partial charge in [0.2, 0.25) is 0 Å². The molecule has 6 rings (SSSR count). The molecule has 0 aliphatic carbocycles. The lowest BCUT2D eigenvalue weighted by Crippen LogP contribution is -2.16. The molecule has 0 spiro atoms. The number of hydrogen-bond acceptors (Lipinski definition) is 4. The van der Waals surface area contributed by atoms with Crippen LogP contribution in [0.5, 0.6) is 0 Å². The van der Waals surface area contributed by atoms with E-state index in [4.69, 9.17) is 21.6 Å². The summed E-state index contributed by atoms with van der Waals surface area (Å²) in [6.07, 6.45) is 0.802. The summed E-state index contributed by atoms with van der Waals surface area (Å²) in [6, 6.07) is 22.6. The summed E-state index contributed by atoms with van der Waals surface area (Å²) in [5, 5.41) is 24.2. The average Bonchev–Trinajstić information content (AvgIpc) is 3.47. The second-order valence-corrected chi connectivity index (χ2v) is 11.9. The van der Waals surface area contributed by atoms with E-state index in [-0.39, 0.29) is 0 Å². The van der Waals surface area contributed by atoms with Crippen LogP contribution in [0, 0.1) is 0 Å². The van der Waals surface area contributed by atoms with E-state index in [1.54, 1.807) is 27.1 Å². The van der Waals surface area contributed by atoms with Crippen molar-refractivity contribution in [1.29, 1.82) is 0 Å². The molecule has 2 unspecified atom stereocenters. The summed E-state index contributed by atoms with van der Waals surface area (Å²) in [4.78, 5) is 9.60. The van der Waals surface area contributed by atoms with Gasteiger partial charge in [-0.1, -0.05) is 67.7 Å². The van der Waals surface area contributed by atoms with Crippen LogP contribution in [0.25, 0.3) is 33.8 Å². The molecule has 2 aromatic carbocycles. The van der Waals surface area contributed by atoms with E-state index in [0.717, 1.165) is 24.5 Å². The first-order chi connectivity index (χ1) is 18.3. The van der Waals surface area contributed by atoms with E-state index in [2.05, 4.69) is 47.8 Å². The lowest BCUT2D eigenvalue weighted by atomic mass is 9.99. The molecular formula is C28H18Br3ClN4O2. The average molecular weight is 718 g/mol. The number of halogens is 4. The molecule has 2 N–H and O–H groups in total. The second kappa shape index (κ2) is 10.2. The van der Waals surface area contributed by atoms with Gasteiger partial charge in [-0.3, -0.25) is 8.80 Å². The first-order valence-electron chi connectivity index (χ1n) is 11.5. The lowest BCUT2D eigenvalue weighted by Gasteiger charge is -2.21. The topological polar surface area (TPSA) is 75.1 Å². The third-order valence-corrected chi connectivity index (χ3v) is 8.08. The molecule has 0 bridgehead atoms. The van der Waals surface area contributed by atoms with Gasteiger partial charge < -0.3 is 10.2 Å². The molecule has 0 saturated carbocycles. The van der Waals surface area contributed by atoms with Gasteiger partial charge in [0.1, 0.15) is 23.5 Å². The fourth-order valence-electron chi connectivity index (χ4n) is 4.58. The molecule has 4 aromatic heterocycles. The zero-order valence-electron chi connectivity index (χ0n) is 19.4. The van der Waals surface area contributed by atoms with Crippen LogP contribution in [-0.2, 0) is 0 Å². The minimum atomic E-state index is -1.37. The van der Waals surface area contributed by atoms with E-state index in [1.807, 2.05) is 66.9 Å². The number of pyridine rings is 2. The van der Waals surface area contributed by atoms with Gasteiger partial charge in [0.05, 0.1) is 27.8 Å². The van der Waals surface area contributed by atoms with Gasteiger partial charge in [-0.25, -0.2) is 9.97 Å². The van der Waals surface area contributed by atoms with Crippen LogP contribution < -0.4 is 0 Å². The Hall–Kier alpha value is -2.53. The maximum atomic E-state index is 11.9. The Morgan fingerprint density at radius 3 is 1.50 bits per heavy atom. The number of nitrogens with zero attached hydrogens (tertiary/aromatic N) is 4. The van der Waals surface area contributed by atoms with Gasteiger partial charge >= 0.3 is 0 Å². The molecule has 6 aromatic rings. The highest BCUT2D eigenvalue weighted by atomic mass is 79.9. The second-order valence-electron chi connectivity index (χ2n) is 8.75. The number of imidazole rings is 2. The SMILES string of the molecule is OC(c1c(-c2ccc(Br)cc2)nc2ccc(Cl)cn12)C(O)c1c(-c2ccc(Br)cc2)nc2ccc(Br)cn12. The van der Waals surface area contributed by atoms with Crippen molar-refractivity contribution in [3.8, 4) is 22.5 Å². The maximum Gasteiger partial charge on any atom is 0.137 e. The summed E-state index contributed by atoms with van der Waals surface area (Å²) < 4.78 is 6.18. The van der Waals surface area contributed by atoms with Crippen LogP contribution in [-0.4, -0.2) is 29.0 Å². The molecular weight excluding hydrogens is 699 g/mol. The number of aliphatic hydroxyl groups excluding tert-OH is 2. The van der Waals surface area contributed by atoms with Crippen molar-refractivity contribution in [2.24, 2.45) is 0 Å². The van der Waals surface area contributed by atoms with E-state index < -0.39 is 12.2 Å². The number of hydrogen-bond donors (Lipinski definition) is 2.